The van der Waals surface area contributed by atoms with Crippen LogP contribution in [0.3, 0.4) is 0 Å². The van der Waals surface area contributed by atoms with Crippen molar-refractivity contribution < 1.29 is 40.6 Å². The lowest BCUT2D eigenvalue weighted by Gasteiger charge is -2.26. The highest BCUT2D eigenvalue weighted by Crippen LogP contribution is 2.51. The number of carbonyl (C=O) groups excluding carboxylic acids is 1. The lowest BCUT2D eigenvalue weighted by Crippen LogP contribution is -2.41. The number of hydrogen-bond acceptors (Lipinski definition) is 6. The number of morpholine rings is 1. The van der Waals surface area contributed by atoms with E-state index in [9.17, 15) is 26.4 Å². The van der Waals surface area contributed by atoms with E-state index in [0.717, 1.165) is 11.0 Å². The molecule has 0 aromatic heterocycles. The summed E-state index contributed by atoms with van der Waals surface area (Å²) in [5.41, 5.74) is -1.28. The molecule has 5 rings (SSSR count). The predicted octanol–water partition coefficient (Wildman–Crippen LogP) is 2.60. The minimum absolute atomic E-state index is 0.0282. The van der Waals surface area contributed by atoms with Crippen LogP contribution in [-0.2, 0) is 41.0 Å². The number of rotatable bonds is 3. The molecule has 3 aliphatic rings. The van der Waals surface area contributed by atoms with Crippen LogP contribution < -0.4 is 4.90 Å². The number of sulfonamides is 1. The fourth-order valence-electron chi connectivity index (χ4n) is 4.28. The average molecular weight is 484 g/mol. The summed E-state index contributed by atoms with van der Waals surface area (Å²) in [7, 11) is -3.93. The molecular weight excluding hydrogens is 465 g/mol. The van der Waals surface area contributed by atoms with Crippen LogP contribution >= 0.6 is 0 Å². The van der Waals surface area contributed by atoms with Gasteiger partial charge in [-0.05, 0) is 30.3 Å². The zero-order valence-electron chi connectivity index (χ0n) is 17.2. The van der Waals surface area contributed by atoms with E-state index in [1.807, 2.05) is 0 Å². The molecule has 1 spiro atoms. The van der Waals surface area contributed by atoms with E-state index in [2.05, 4.69) is 0 Å². The fourth-order valence-corrected chi connectivity index (χ4v) is 5.72. The predicted molar refractivity (Wildman–Crippen MR) is 108 cm³/mol. The maximum absolute atomic E-state index is 13.7. The Labute approximate surface area is 187 Å². The van der Waals surface area contributed by atoms with E-state index in [-0.39, 0.29) is 55.7 Å². The van der Waals surface area contributed by atoms with Crippen molar-refractivity contribution in [2.24, 2.45) is 0 Å². The molecule has 2 aromatic carbocycles. The van der Waals surface area contributed by atoms with Crippen LogP contribution in [0, 0.1) is 0 Å². The smallest absolute Gasteiger partial charge is 0.379 e. The third-order valence-corrected chi connectivity index (χ3v) is 7.69. The molecule has 2 saturated heterocycles. The minimum Gasteiger partial charge on any atom is -0.379 e. The molecule has 0 bridgehead atoms. The van der Waals surface area contributed by atoms with Crippen LogP contribution in [0.4, 0.5) is 24.5 Å². The van der Waals surface area contributed by atoms with E-state index >= 15 is 0 Å². The van der Waals surface area contributed by atoms with E-state index in [0.29, 0.717) is 0 Å². The van der Waals surface area contributed by atoms with Gasteiger partial charge in [-0.2, -0.15) is 17.5 Å². The number of benzene rings is 2. The highest BCUT2D eigenvalue weighted by Gasteiger charge is 2.57. The second kappa shape index (κ2) is 7.77. The van der Waals surface area contributed by atoms with E-state index in [1.165, 1.54) is 40.7 Å². The molecule has 3 heterocycles. The van der Waals surface area contributed by atoms with Crippen LogP contribution in [0.15, 0.2) is 47.4 Å². The lowest BCUT2D eigenvalue weighted by atomic mass is 10.1. The number of alkyl halides is 3. The summed E-state index contributed by atoms with van der Waals surface area (Å²) in [5, 5.41) is 0. The second-order valence-corrected chi connectivity index (χ2v) is 9.60. The number of carbonyl (C=O) groups is 1. The standard InChI is InChI=1S/C21H19F3N2O6S/c22-21(23,24)15-3-1-2-4-17(15)26-18-6-5-14(33(28,29)25-7-9-30-10-8-25)13-16(18)20(19(26)27)31-11-12-32-20/h1-6,13H,7-12H2. The van der Waals surface area contributed by atoms with Gasteiger partial charge < -0.3 is 14.2 Å². The quantitative estimate of drug-likeness (QED) is 0.666. The van der Waals surface area contributed by atoms with E-state index in [4.69, 9.17) is 14.2 Å². The Hall–Kier alpha value is -2.51. The lowest BCUT2D eigenvalue weighted by molar-refractivity contribution is -0.180. The Morgan fingerprint density at radius 2 is 1.58 bits per heavy atom. The zero-order chi connectivity index (χ0) is 23.4. The largest absolute Gasteiger partial charge is 0.418 e. The van der Waals surface area contributed by atoms with Gasteiger partial charge in [0, 0.05) is 18.7 Å². The van der Waals surface area contributed by atoms with Crippen molar-refractivity contribution in [3.05, 3.63) is 53.6 Å². The summed E-state index contributed by atoms with van der Waals surface area (Å²) in [6.07, 6.45) is -4.72. The van der Waals surface area contributed by atoms with Crippen LogP contribution in [0.5, 0.6) is 0 Å². The van der Waals surface area contributed by atoms with Crippen LogP contribution in [0.1, 0.15) is 11.1 Å². The number of para-hydroxylation sites is 1. The Kier molecular flexibility index (Phi) is 5.25. The van der Waals surface area contributed by atoms with Gasteiger partial charge in [0.1, 0.15) is 0 Å². The fraction of sp³-hybridized carbons (Fsp3) is 0.381. The van der Waals surface area contributed by atoms with Crippen molar-refractivity contribution >= 4 is 27.3 Å². The first-order valence-electron chi connectivity index (χ1n) is 10.2. The maximum atomic E-state index is 13.7. The maximum Gasteiger partial charge on any atom is 0.418 e. The molecule has 0 N–H and O–H groups in total. The van der Waals surface area contributed by atoms with Crippen molar-refractivity contribution in [1.29, 1.82) is 0 Å². The first kappa shape index (κ1) is 22.3. The molecule has 0 radical (unpaired) electrons. The van der Waals surface area contributed by atoms with E-state index < -0.39 is 39.1 Å². The molecule has 2 fully saturated rings. The van der Waals surface area contributed by atoms with Gasteiger partial charge in [0.05, 0.1) is 48.3 Å². The van der Waals surface area contributed by atoms with Gasteiger partial charge in [-0.25, -0.2) is 8.42 Å². The van der Waals surface area contributed by atoms with Crippen LogP contribution in [0.2, 0.25) is 0 Å². The SMILES string of the molecule is O=C1N(c2ccccc2C(F)(F)F)c2ccc(S(=O)(=O)N3CCOCC3)cc2C12OCCO2. The molecular formula is C21H19F3N2O6S. The number of anilines is 2. The van der Waals surface area contributed by atoms with Gasteiger partial charge in [0.15, 0.2) is 0 Å². The summed E-state index contributed by atoms with van der Waals surface area (Å²) >= 11 is 0. The molecule has 1 amide bonds. The van der Waals surface area contributed by atoms with Gasteiger partial charge in [-0.15, -0.1) is 0 Å². The van der Waals surface area contributed by atoms with Gasteiger partial charge in [-0.3, -0.25) is 9.69 Å². The molecule has 33 heavy (non-hydrogen) atoms. The third kappa shape index (κ3) is 3.44. The van der Waals surface area contributed by atoms with Gasteiger partial charge in [0.2, 0.25) is 10.0 Å². The Balaban J connectivity index is 1.66. The Morgan fingerprint density at radius 3 is 2.24 bits per heavy atom. The number of amides is 1. The Bertz CT molecular complexity index is 1200. The number of fused-ring (bicyclic) bond motifs is 2. The normalized spacial score (nSPS) is 21.1. The summed E-state index contributed by atoms with van der Waals surface area (Å²) in [6, 6.07) is 8.50. The first-order valence-corrected chi connectivity index (χ1v) is 11.6. The molecule has 12 heteroatoms. The number of ether oxygens (including phenoxy) is 3. The Morgan fingerprint density at radius 1 is 0.909 bits per heavy atom. The number of hydrogen-bond donors (Lipinski definition) is 0. The highest BCUT2D eigenvalue weighted by molar-refractivity contribution is 7.89. The number of nitrogens with zero attached hydrogens (tertiary/aromatic N) is 2. The first-order chi connectivity index (χ1) is 15.7. The van der Waals surface area contributed by atoms with Crippen LogP contribution in [0.25, 0.3) is 0 Å². The average Bonchev–Trinajstić information content (AvgIpc) is 3.38. The topological polar surface area (TPSA) is 85.4 Å². The molecule has 0 atom stereocenters. The van der Waals surface area contributed by atoms with Crippen molar-refractivity contribution in [3.8, 4) is 0 Å². The molecule has 8 nitrogen and oxygen atoms in total. The van der Waals surface area contributed by atoms with Crippen molar-refractivity contribution in [3.63, 3.8) is 0 Å². The molecule has 2 aromatic rings. The molecule has 0 unspecified atom stereocenters. The number of halogens is 3. The summed E-state index contributed by atoms with van der Waals surface area (Å²) < 4.78 is 85.1. The minimum atomic E-state index is -4.72. The highest BCUT2D eigenvalue weighted by atomic mass is 32.2. The van der Waals surface area contributed by atoms with Gasteiger partial charge in [0.25, 0.3) is 11.7 Å². The molecule has 176 valence electrons. The monoisotopic (exact) mass is 484 g/mol. The summed E-state index contributed by atoms with van der Waals surface area (Å²) in [5.74, 6) is -2.88. The van der Waals surface area contributed by atoms with Crippen molar-refractivity contribution in [1.82, 2.24) is 4.31 Å². The molecule has 0 aliphatic carbocycles. The van der Waals surface area contributed by atoms with E-state index in [1.54, 1.807) is 0 Å². The zero-order valence-corrected chi connectivity index (χ0v) is 18.0. The second-order valence-electron chi connectivity index (χ2n) is 7.66. The van der Waals surface area contributed by atoms with Gasteiger partial charge in [-0.1, -0.05) is 12.1 Å². The summed E-state index contributed by atoms with van der Waals surface area (Å²) in [6.45, 7) is 0.894. The third-order valence-electron chi connectivity index (χ3n) is 5.80. The van der Waals surface area contributed by atoms with Gasteiger partial charge >= 0.3 is 6.18 Å². The van der Waals surface area contributed by atoms with Crippen LogP contribution in [-0.4, -0.2) is 58.1 Å². The van der Waals surface area contributed by atoms with Crippen molar-refractivity contribution in [2.75, 3.05) is 44.4 Å². The summed E-state index contributed by atoms with van der Waals surface area (Å²) in [4.78, 5) is 14.2. The van der Waals surface area contributed by atoms with Crippen molar-refractivity contribution in [2.45, 2.75) is 16.9 Å². The molecule has 0 saturated carbocycles. The molecule has 3 aliphatic heterocycles.